The predicted octanol–water partition coefficient (Wildman–Crippen LogP) is 20.7. The molecule has 2 radical (unpaired) electrons. The van der Waals surface area contributed by atoms with Crippen LogP contribution in [0.2, 0.25) is 26.2 Å². The average molecular weight is 1210 g/mol. The molecule has 0 N–H and O–H groups in total. The van der Waals surface area contributed by atoms with E-state index < -0.39 is 17.6 Å². The molecule has 0 fully saturated rings. The fourth-order valence-electron chi connectivity index (χ4n) is 14.5. The fraction of sp³-hybridized carbons (Fsp3) is 0.175. The Balaban J connectivity index is 0.000000165. The van der Waals surface area contributed by atoms with Gasteiger partial charge in [0.05, 0.1) is 17.6 Å². The normalized spacial score (nSPS) is 14.4. The molecule has 2 atom stereocenters. The SMILES string of the molecule is Cc1ccc(C2=Cc3c(ccc(C)c3-c3ccccc3)C2c2c(C)[cH-]c3cc([Si](C)C)c(C)c(-c4ccccc4)c23)o1.Cc1ccc(C2=Cc3c(ccc(C)c3-c3ccccc3)C2c2c(C)[cH-]c3cc([Si](C)C)c(C)c(-c4ccccc4)c23)o1.[Zr+2]. The van der Waals surface area contributed by atoms with Gasteiger partial charge >= 0.3 is 26.2 Å². The van der Waals surface area contributed by atoms with Crippen molar-refractivity contribution >= 4 is 72.8 Å². The summed E-state index contributed by atoms with van der Waals surface area (Å²) in [6.07, 6.45) is 4.82. The molecule has 5 heteroatoms. The molecule has 0 spiro atoms. The largest absolute Gasteiger partial charge is 2.00 e. The molecule has 0 saturated heterocycles. The number of hydrogen-bond acceptors (Lipinski definition) is 2. The summed E-state index contributed by atoms with van der Waals surface area (Å²) in [5.74, 6) is 3.95. The van der Waals surface area contributed by atoms with Crippen molar-refractivity contribution < 1.29 is 35.0 Å². The smallest absolute Gasteiger partial charge is 0.462 e. The molecule has 0 saturated carbocycles. The van der Waals surface area contributed by atoms with Crippen LogP contribution in [0.25, 0.3) is 89.4 Å². The molecule has 85 heavy (non-hydrogen) atoms. The first-order valence-electron chi connectivity index (χ1n) is 29.8. The van der Waals surface area contributed by atoms with E-state index >= 15 is 0 Å². The van der Waals surface area contributed by atoms with Crippen LogP contribution in [-0.2, 0) is 26.2 Å². The number of rotatable bonds is 10. The molecule has 12 aromatic rings. The summed E-state index contributed by atoms with van der Waals surface area (Å²) in [7, 11) is -1.30. The van der Waals surface area contributed by atoms with E-state index in [-0.39, 0.29) is 38.0 Å². The van der Waals surface area contributed by atoms with E-state index in [1.807, 2.05) is 13.8 Å². The van der Waals surface area contributed by atoms with Gasteiger partial charge in [0.2, 0.25) is 0 Å². The summed E-state index contributed by atoms with van der Waals surface area (Å²) in [5.41, 5.74) is 29.3. The third kappa shape index (κ3) is 10.1. The molecule has 2 aliphatic carbocycles. The molecule has 416 valence electrons. The van der Waals surface area contributed by atoms with Gasteiger partial charge in [-0.25, -0.2) is 0 Å². The Morgan fingerprint density at radius 2 is 0.706 bits per heavy atom. The van der Waals surface area contributed by atoms with Crippen molar-refractivity contribution in [3.63, 3.8) is 0 Å². The Morgan fingerprint density at radius 3 is 1.01 bits per heavy atom. The van der Waals surface area contributed by atoms with Crippen LogP contribution in [0.3, 0.4) is 0 Å². The minimum absolute atomic E-state index is 0. The first-order chi connectivity index (χ1) is 40.7. The zero-order chi connectivity index (χ0) is 58.2. The molecule has 0 aliphatic heterocycles. The summed E-state index contributed by atoms with van der Waals surface area (Å²) in [6.45, 7) is 27.5. The second-order valence-corrected chi connectivity index (χ2v) is 29.2. The first kappa shape index (κ1) is 57.8. The minimum atomic E-state index is -0.649. The standard InChI is InChI=1S/2C40H36OSi.Zr/c2*1-24-17-19-31-32(36(24)28-13-9-7-10-14-28)23-33(34-20-18-26(3)41-34)40(31)37-25(2)21-30-22-35(42(5)6)27(4)38(39(30)37)29-15-11-8-12-16-29;/h2*7-23,40H,1-6H3;/q2*-1;+2. The van der Waals surface area contributed by atoms with Crippen LogP contribution in [0, 0.1) is 55.4 Å². The Hall–Kier alpha value is -7.66. The van der Waals surface area contributed by atoms with Crippen LogP contribution >= 0.6 is 0 Å². The van der Waals surface area contributed by atoms with Crippen molar-refractivity contribution in [1.29, 1.82) is 0 Å². The van der Waals surface area contributed by atoms with Crippen molar-refractivity contribution in [2.75, 3.05) is 0 Å². The second kappa shape index (κ2) is 23.3. The van der Waals surface area contributed by atoms with Gasteiger partial charge in [-0.05, 0) is 168 Å². The summed E-state index contributed by atoms with van der Waals surface area (Å²) >= 11 is 0. The summed E-state index contributed by atoms with van der Waals surface area (Å²) in [4.78, 5) is 0. The van der Waals surface area contributed by atoms with Gasteiger partial charge in [0.25, 0.3) is 0 Å². The van der Waals surface area contributed by atoms with Crippen LogP contribution in [0.1, 0.15) is 102 Å². The maximum absolute atomic E-state index is 6.38. The Kier molecular flexibility index (Phi) is 15.8. The van der Waals surface area contributed by atoms with Gasteiger partial charge in [0.1, 0.15) is 23.0 Å². The molecule has 14 rings (SSSR count). The van der Waals surface area contributed by atoms with Crippen LogP contribution in [-0.4, -0.2) is 17.6 Å². The van der Waals surface area contributed by atoms with Gasteiger partial charge in [0, 0.05) is 0 Å². The van der Waals surface area contributed by atoms with E-state index in [0.29, 0.717) is 0 Å². The fourth-order valence-corrected chi connectivity index (χ4v) is 17.1. The number of fused-ring (bicyclic) bond motifs is 4. The zero-order valence-corrected chi connectivity index (χ0v) is 55.6. The zero-order valence-electron chi connectivity index (χ0n) is 51.1. The molecule has 10 aromatic carbocycles. The Bertz CT molecular complexity index is 4270. The predicted molar refractivity (Wildman–Crippen MR) is 363 cm³/mol. The number of benzene rings is 8. The number of allylic oxidation sites excluding steroid dienone is 2. The van der Waals surface area contributed by atoms with Crippen LogP contribution in [0.5, 0.6) is 0 Å². The van der Waals surface area contributed by atoms with Gasteiger partial charge in [-0.3, -0.25) is 0 Å². The van der Waals surface area contributed by atoms with E-state index in [1.54, 1.807) is 0 Å². The second-order valence-electron chi connectivity index (χ2n) is 24.1. The summed E-state index contributed by atoms with van der Waals surface area (Å²) < 4.78 is 12.8. The average Bonchev–Trinajstić information content (AvgIpc) is 1.73. The Morgan fingerprint density at radius 1 is 0.376 bits per heavy atom. The van der Waals surface area contributed by atoms with E-state index in [1.165, 1.54) is 154 Å². The number of furan rings is 2. The van der Waals surface area contributed by atoms with Crippen LogP contribution < -0.4 is 10.4 Å². The molecule has 2 aliphatic rings. The molecule has 0 bridgehead atoms. The summed E-state index contributed by atoms with van der Waals surface area (Å²) in [5, 5.41) is 8.52. The number of hydrogen-bond donors (Lipinski definition) is 0. The van der Waals surface area contributed by atoms with E-state index in [4.69, 9.17) is 8.83 Å². The van der Waals surface area contributed by atoms with Crippen molar-refractivity contribution in [1.82, 2.24) is 0 Å². The molecule has 0 amide bonds. The third-order valence-corrected chi connectivity index (χ3v) is 21.3. The van der Waals surface area contributed by atoms with E-state index in [2.05, 4.69) is 274 Å². The molecule has 2 aromatic heterocycles. The maximum atomic E-state index is 6.38. The van der Waals surface area contributed by atoms with Gasteiger partial charge in [-0.15, -0.1) is 68.1 Å². The van der Waals surface area contributed by atoms with E-state index in [0.717, 1.165) is 23.0 Å². The van der Waals surface area contributed by atoms with Crippen molar-refractivity contribution in [2.24, 2.45) is 0 Å². The topological polar surface area (TPSA) is 26.3 Å². The van der Waals surface area contributed by atoms with E-state index in [9.17, 15) is 0 Å². The van der Waals surface area contributed by atoms with Gasteiger partial charge in [-0.1, -0.05) is 218 Å². The van der Waals surface area contributed by atoms with Crippen LogP contribution in [0.4, 0.5) is 0 Å². The third-order valence-electron chi connectivity index (χ3n) is 18.1. The minimum Gasteiger partial charge on any atom is -0.462 e. The van der Waals surface area contributed by atoms with Gasteiger partial charge < -0.3 is 8.83 Å². The van der Waals surface area contributed by atoms with Gasteiger partial charge in [0.15, 0.2) is 0 Å². The molecular weight excluding hydrogens is 1140 g/mol. The van der Waals surface area contributed by atoms with Crippen LogP contribution in [0.15, 0.2) is 203 Å². The molecule has 2 nitrogen and oxygen atoms in total. The van der Waals surface area contributed by atoms with Crippen molar-refractivity contribution in [3.05, 3.63) is 284 Å². The van der Waals surface area contributed by atoms with Crippen molar-refractivity contribution in [2.45, 2.75) is 93.4 Å². The van der Waals surface area contributed by atoms with Gasteiger partial charge in [-0.2, -0.15) is 0 Å². The quantitative estimate of drug-likeness (QED) is 0.101. The van der Waals surface area contributed by atoms with Crippen molar-refractivity contribution in [3.8, 4) is 44.5 Å². The first-order valence-corrected chi connectivity index (χ1v) is 34.8. The molecule has 2 unspecified atom stereocenters. The molecular formula is C80H72O2Si2Zr. The monoisotopic (exact) mass is 1210 g/mol. The Labute approximate surface area is 525 Å². The number of aryl methyl sites for hydroxylation is 6. The molecule has 2 heterocycles. The summed E-state index contributed by atoms with van der Waals surface area (Å²) in [6, 6.07) is 71.4. The maximum Gasteiger partial charge on any atom is 2.00 e.